The number of rotatable bonds is 11. The Morgan fingerprint density at radius 3 is 2.75 bits per heavy atom. The molecule has 152 valence electrons. The molecule has 1 N–H and O–H groups in total. The van der Waals surface area contributed by atoms with E-state index < -0.39 is 0 Å². The summed E-state index contributed by atoms with van der Waals surface area (Å²) in [6, 6.07) is 5.67. The second-order valence-corrected chi connectivity index (χ2v) is 6.86. The quantitative estimate of drug-likeness (QED) is 0.254. The molecule has 28 heavy (non-hydrogen) atoms. The topological polar surface area (TPSA) is 82.0 Å². The van der Waals surface area contributed by atoms with E-state index in [1.54, 1.807) is 20.1 Å². The molecule has 0 radical (unpaired) electrons. The zero-order chi connectivity index (χ0) is 20.4. The molecule has 1 heterocycles. The molecule has 0 unspecified atom stereocenters. The summed E-state index contributed by atoms with van der Waals surface area (Å²) in [7, 11) is 0. The van der Waals surface area contributed by atoms with Crippen LogP contribution >= 0.6 is 11.3 Å². The van der Waals surface area contributed by atoms with Gasteiger partial charge >= 0.3 is 5.97 Å². The van der Waals surface area contributed by atoms with Crippen molar-refractivity contribution in [2.24, 2.45) is 5.10 Å². The molecule has 0 amide bonds. The number of carbonyl (C=O) groups excluding carboxylic acids is 1. The number of carbonyl (C=O) groups is 1. The summed E-state index contributed by atoms with van der Waals surface area (Å²) in [6.45, 7) is 9.15. The summed E-state index contributed by atoms with van der Waals surface area (Å²) >= 11 is 1.21. The third-order valence-corrected chi connectivity index (χ3v) is 4.70. The summed E-state index contributed by atoms with van der Waals surface area (Å²) in [5.74, 6) is 1.06. The molecule has 0 atom stereocenters. The van der Waals surface area contributed by atoms with Gasteiger partial charge in [-0.15, -0.1) is 0 Å². The number of aromatic nitrogens is 1. The number of thiazole rings is 1. The van der Waals surface area contributed by atoms with E-state index in [0.29, 0.717) is 41.3 Å². The second-order valence-electron chi connectivity index (χ2n) is 5.87. The van der Waals surface area contributed by atoms with E-state index in [9.17, 15) is 4.79 Å². The molecular weight excluding hydrogens is 378 g/mol. The van der Waals surface area contributed by atoms with Crippen LogP contribution in [0.15, 0.2) is 23.3 Å². The Bertz CT molecular complexity index is 805. The molecule has 2 rings (SSSR count). The van der Waals surface area contributed by atoms with E-state index in [1.807, 2.05) is 25.1 Å². The lowest BCUT2D eigenvalue weighted by Gasteiger charge is -2.12. The zero-order valence-electron chi connectivity index (χ0n) is 16.8. The zero-order valence-corrected chi connectivity index (χ0v) is 17.6. The van der Waals surface area contributed by atoms with Crippen molar-refractivity contribution < 1.29 is 19.0 Å². The first-order chi connectivity index (χ1) is 13.6. The Morgan fingerprint density at radius 2 is 2.04 bits per heavy atom. The van der Waals surface area contributed by atoms with E-state index in [2.05, 4.69) is 22.4 Å². The van der Waals surface area contributed by atoms with Crippen LogP contribution in [0.2, 0.25) is 0 Å². The Morgan fingerprint density at radius 1 is 1.21 bits per heavy atom. The van der Waals surface area contributed by atoms with Gasteiger partial charge in [0.2, 0.25) is 5.13 Å². The highest BCUT2D eigenvalue weighted by molar-refractivity contribution is 7.17. The lowest BCUT2D eigenvalue weighted by molar-refractivity contribution is 0.0531. The van der Waals surface area contributed by atoms with E-state index >= 15 is 0 Å². The van der Waals surface area contributed by atoms with Crippen LogP contribution in [0.1, 0.15) is 54.5 Å². The summed E-state index contributed by atoms with van der Waals surface area (Å²) < 4.78 is 16.5. The Balaban J connectivity index is 2.04. The number of unbranched alkanes of at least 4 members (excludes halogenated alkanes) is 1. The standard InChI is InChI=1S/C20H27N3O4S/c1-5-8-11-27-16-10-9-15(12-17(16)25-6-2)13-21-23-20-22-14(4)18(28-20)19(24)26-7-3/h9-10,12-13H,5-8,11H2,1-4H3,(H,22,23)/b21-13-. The lowest BCUT2D eigenvalue weighted by atomic mass is 10.2. The summed E-state index contributed by atoms with van der Waals surface area (Å²) in [5.41, 5.74) is 4.33. The molecule has 0 spiro atoms. The number of benzene rings is 1. The Kier molecular flexibility index (Phi) is 8.74. The maximum atomic E-state index is 11.9. The van der Waals surface area contributed by atoms with Gasteiger partial charge in [-0.3, -0.25) is 5.43 Å². The van der Waals surface area contributed by atoms with E-state index in [0.717, 1.165) is 24.2 Å². The van der Waals surface area contributed by atoms with Crippen molar-refractivity contribution in [1.82, 2.24) is 4.98 Å². The fourth-order valence-electron chi connectivity index (χ4n) is 2.31. The van der Waals surface area contributed by atoms with Gasteiger partial charge in [-0.2, -0.15) is 5.10 Å². The van der Waals surface area contributed by atoms with Gasteiger partial charge in [0, 0.05) is 0 Å². The molecule has 0 aliphatic heterocycles. The van der Waals surface area contributed by atoms with Crippen LogP contribution < -0.4 is 14.9 Å². The van der Waals surface area contributed by atoms with Crippen molar-refractivity contribution in [2.45, 2.75) is 40.5 Å². The monoisotopic (exact) mass is 405 g/mol. The predicted octanol–water partition coefficient (Wildman–Crippen LogP) is 4.65. The average molecular weight is 406 g/mol. The molecule has 0 aliphatic rings. The van der Waals surface area contributed by atoms with Crippen molar-refractivity contribution in [1.29, 1.82) is 0 Å². The van der Waals surface area contributed by atoms with Crippen LogP contribution in [0.25, 0.3) is 0 Å². The molecule has 2 aromatic rings. The van der Waals surface area contributed by atoms with Crippen LogP contribution in [0.3, 0.4) is 0 Å². The number of hydrazone groups is 1. The van der Waals surface area contributed by atoms with Crippen LogP contribution in [0, 0.1) is 6.92 Å². The summed E-state index contributed by atoms with van der Waals surface area (Å²) in [6.07, 6.45) is 3.74. The van der Waals surface area contributed by atoms with Gasteiger partial charge in [0.1, 0.15) is 4.88 Å². The molecule has 1 aromatic heterocycles. The maximum absolute atomic E-state index is 11.9. The normalized spacial score (nSPS) is 10.9. The van der Waals surface area contributed by atoms with Crippen LogP contribution in [-0.4, -0.2) is 37.0 Å². The van der Waals surface area contributed by atoms with Gasteiger partial charge in [-0.1, -0.05) is 24.7 Å². The molecule has 1 aromatic carbocycles. The largest absolute Gasteiger partial charge is 0.490 e. The SMILES string of the molecule is CCCCOc1ccc(/C=N\Nc2nc(C)c(C(=O)OCC)s2)cc1OCC. The van der Waals surface area contributed by atoms with E-state index in [1.165, 1.54) is 11.3 Å². The fourth-order valence-corrected chi connectivity index (χ4v) is 3.12. The predicted molar refractivity (Wildman–Crippen MR) is 112 cm³/mol. The minimum Gasteiger partial charge on any atom is -0.490 e. The van der Waals surface area contributed by atoms with E-state index in [-0.39, 0.29) is 5.97 Å². The van der Waals surface area contributed by atoms with Crippen molar-refractivity contribution in [2.75, 3.05) is 25.2 Å². The number of nitrogens with one attached hydrogen (secondary N) is 1. The molecule has 0 aliphatic carbocycles. The minimum absolute atomic E-state index is 0.331. The molecular formula is C20H27N3O4S. The van der Waals surface area contributed by atoms with Crippen molar-refractivity contribution in [3.8, 4) is 11.5 Å². The van der Waals surface area contributed by atoms with Gasteiger partial charge < -0.3 is 14.2 Å². The van der Waals surface area contributed by atoms with Gasteiger partial charge in [0.15, 0.2) is 11.5 Å². The van der Waals surface area contributed by atoms with Crippen LogP contribution in [-0.2, 0) is 4.74 Å². The highest BCUT2D eigenvalue weighted by Crippen LogP contribution is 2.28. The number of aryl methyl sites for hydroxylation is 1. The smallest absolute Gasteiger partial charge is 0.350 e. The summed E-state index contributed by atoms with van der Waals surface area (Å²) in [5, 5.41) is 4.73. The third-order valence-electron chi connectivity index (χ3n) is 3.65. The average Bonchev–Trinajstić information content (AvgIpc) is 3.04. The molecule has 0 saturated carbocycles. The van der Waals surface area contributed by atoms with Gasteiger partial charge in [0.25, 0.3) is 0 Å². The number of hydrogen-bond donors (Lipinski definition) is 1. The Hall–Kier alpha value is -2.61. The molecule has 0 bridgehead atoms. The number of esters is 1. The van der Waals surface area contributed by atoms with Gasteiger partial charge in [-0.25, -0.2) is 9.78 Å². The Labute approximate surface area is 169 Å². The first kappa shape index (κ1) is 21.7. The van der Waals surface area contributed by atoms with Gasteiger partial charge in [-0.05, 0) is 51.0 Å². The maximum Gasteiger partial charge on any atom is 0.350 e. The fraction of sp³-hybridized carbons (Fsp3) is 0.450. The number of anilines is 1. The van der Waals surface area contributed by atoms with E-state index in [4.69, 9.17) is 14.2 Å². The summed E-state index contributed by atoms with van der Waals surface area (Å²) in [4.78, 5) is 16.6. The highest BCUT2D eigenvalue weighted by Gasteiger charge is 2.16. The molecule has 0 saturated heterocycles. The third kappa shape index (κ3) is 6.23. The number of ether oxygens (including phenoxy) is 3. The second kappa shape index (κ2) is 11.3. The van der Waals surface area contributed by atoms with Crippen LogP contribution in [0.4, 0.5) is 5.13 Å². The van der Waals surface area contributed by atoms with Crippen molar-refractivity contribution in [3.63, 3.8) is 0 Å². The molecule has 8 heteroatoms. The lowest BCUT2D eigenvalue weighted by Crippen LogP contribution is -2.03. The molecule has 7 nitrogen and oxygen atoms in total. The number of nitrogens with zero attached hydrogens (tertiary/aromatic N) is 2. The van der Waals surface area contributed by atoms with Crippen LogP contribution in [0.5, 0.6) is 11.5 Å². The highest BCUT2D eigenvalue weighted by atomic mass is 32.1. The van der Waals surface area contributed by atoms with Crippen molar-refractivity contribution in [3.05, 3.63) is 34.3 Å². The first-order valence-corrected chi connectivity index (χ1v) is 10.2. The number of hydrogen-bond acceptors (Lipinski definition) is 8. The molecule has 0 fully saturated rings. The first-order valence-electron chi connectivity index (χ1n) is 9.42. The van der Waals surface area contributed by atoms with Gasteiger partial charge in [0.05, 0.1) is 31.7 Å². The van der Waals surface area contributed by atoms with Crippen molar-refractivity contribution >= 4 is 28.7 Å². The minimum atomic E-state index is -0.366.